The fraction of sp³-hybridized carbons (Fsp3) is 0.421. The van der Waals surface area contributed by atoms with E-state index in [1.165, 1.54) is 17.4 Å². The highest BCUT2D eigenvalue weighted by atomic mass is 32.1. The molecule has 1 aliphatic rings. The first kappa shape index (κ1) is 20.5. The van der Waals surface area contributed by atoms with Gasteiger partial charge in [-0.05, 0) is 25.3 Å². The molecular formula is C19H21F3N6OS. The SMILES string of the molecule is Cc1nn(C)c(C)c1CNC(=O)c1cc2n(n1)[C@H](C(F)(F)F)C[C@@H](c1cccs1)N2. The molecule has 0 saturated carbocycles. The number of halogens is 3. The van der Waals surface area contributed by atoms with Crippen molar-refractivity contribution in [2.45, 2.75) is 45.1 Å². The van der Waals surface area contributed by atoms with Crippen LogP contribution in [0.3, 0.4) is 0 Å². The van der Waals surface area contributed by atoms with E-state index in [1.807, 2.05) is 26.3 Å². The Labute approximate surface area is 174 Å². The largest absolute Gasteiger partial charge is 0.410 e. The molecule has 2 N–H and O–H groups in total. The Bertz CT molecular complexity index is 1070. The molecule has 0 fully saturated rings. The van der Waals surface area contributed by atoms with Crippen molar-refractivity contribution in [1.29, 1.82) is 0 Å². The van der Waals surface area contributed by atoms with Gasteiger partial charge in [-0.15, -0.1) is 11.3 Å². The van der Waals surface area contributed by atoms with Gasteiger partial charge in [0.2, 0.25) is 0 Å². The zero-order valence-electron chi connectivity index (χ0n) is 16.6. The van der Waals surface area contributed by atoms with E-state index in [2.05, 4.69) is 20.8 Å². The summed E-state index contributed by atoms with van der Waals surface area (Å²) in [6, 6.07) is 2.69. The number of anilines is 1. The van der Waals surface area contributed by atoms with Crippen LogP contribution in [0.5, 0.6) is 0 Å². The van der Waals surface area contributed by atoms with Crippen molar-refractivity contribution in [2.75, 3.05) is 5.32 Å². The quantitative estimate of drug-likeness (QED) is 0.648. The minimum atomic E-state index is -4.48. The Morgan fingerprint density at radius 3 is 2.73 bits per heavy atom. The van der Waals surface area contributed by atoms with E-state index < -0.39 is 24.2 Å². The molecule has 0 aliphatic carbocycles. The fourth-order valence-corrected chi connectivity index (χ4v) is 4.48. The average Bonchev–Trinajstić information content (AvgIpc) is 3.39. The van der Waals surface area contributed by atoms with E-state index in [-0.39, 0.29) is 24.5 Å². The van der Waals surface area contributed by atoms with Gasteiger partial charge in [0.05, 0.1) is 11.7 Å². The monoisotopic (exact) mass is 438 g/mol. The van der Waals surface area contributed by atoms with Crippen LogP contribution in [0.4, 0.5) is 19.0 Å². The van der Waals surface area contributed by atoms with Gasteiger partial charge in [-0.3, -0.25) is 9.48 Å². The topological polar surface area (TPSA) is 76.8 Å². The molecule has 160 valence electrons. The Balaban J connectivity index is 1.57. The summed E-state index contributed by atoms with van der Waals surface area (Å²) in [4.78, 5) is 13.4. The molecule has 0 aromatic carbocycles. The van der Waals surface area contributed by atoms with Crippen LogP contribution in [0.1, 0.15) is 50.8 Å². The lowest BCUT2D eigenvalue weighted by atomic mass is 10.0. The molecule has 0 unspecified atom stereocenters. The van der Waals surface area contributed by atoms with Crippen molar-refractivity contribution in [3.63, 3.8) is 0 Å². The van der Waals surface area contributed by atoms with E-state index in [1.54, 1.807) is 16.8 Å². The Hall–Kier alpha value is -2.82. The summed E-state index contributed by atoms with van der Waals surface area (Å²) in [7, 11) is 1.81. The number of amides is 1. The first-order valence-electron chi connectivity index (χ1n) is 9.38. The van der Waals surface area contributed by atoms with E-state index >= 15 is 0 Å². The molecule has 2 atom stereocenters. The molecule has 30 heavy (non-hydrogen) atoms. The number of fused-ring (bicyclic) bond motifs is 1. The van der Waals surface area contributed by atoms with Gasteiger partial charge in [0, 0.05) is 42.2 Å². The molecule has 3 aromatic heterocycles. The van der Waals surface area contributed by atoms with E-state index in [0.717, 1.165) is 26.5 Å². The maximum Gasteiger partial charge on any atom is 0.410 e. The molecule has 1 amide bonds. The highest BCUT2D eigenvalue weighted by Crippen LogP contribution is 2.44. The van der Waals surface area contributed by atoms with Crippen molar-refractivity contribution in [1.82, 2.24) is 24.9 Å². The Morgan fingerprint density at radius 1 is 1.37 bits per heavy atom. The van der Waals surface area contributed by atoms with Gasteiger partial charge in [0.25, 0.3) is 5.91 Å². The Kier molecular flexibility index (Phi) is 5.08. The van der Waals surface area contributed by atoms with Gasteiger partial charge in [-0.25, -0.2) is 4.68 Å². The van der Waals surface area contributed by atoms with Crippen LogP contribution >= 0.6 is 11.3 Å². The van der Waals surface area contributed by atoms with Crippen LogP contribution in [-0.4, -0.2) is 31.6 Å². The molecule has 0 bridgehead atoms. The number of aryl methyl sites for hydroxylation is 2. The van der Waals surface area contributed by atoms with Crippen LogP contribution in [-0.2, 0) is 13.6 Å². The number of nitrogens with zero attached hydrogens (tertiary/aromatic N) is 4. The van der Waals surface area contributed by atoms with E-state index in [9.17, 15) is 18.0 Å². The Morgan fingerprint density at radius 2 is 2.13 bits per heavy atom. The summed E-state index contributed by atoms with van der Waals surface area (Å²) < 4.78 is 43.7. The second-order valence-corrected chi connectivity index (χ2v) is 8.30. The summed E-state index contributed by atoms with van der Waals surface area (Å²) in [6.07, 6.45) is -4.66. The van der Waals surface area contributed by atoms with E-state index in [4.69, 9.17) is 0 Å². The minimum absolute atomic E-state index is 0.0576. The van der Waals surface area contributed by atoms with Gasteiger partial charge in [0.1, 0.15) is 5.82 Å². The molecule has 3 aromatic rings. The lowest BCUT2D eigenvalue weighted by Crippen LogP contribution is -2.35. The molecular weight excluding hydrogens is 417 g/mol. The van der Waals surface area contributed by atoms with Crippen molar-refractivity contribution in [2.24, 2.45) is 7.05 Å². The molecule has 11 heteroatoms. The molecule has 0 radical (unpaired) electrons. The van der Waals surface area contributed by atoms with Crippen LogP contribution in [0.2, 0.25) is 0 Å². The number of rotatable bonds is 4. The molecule has 1 aliphatic heterocycles. The minimum Gasteiger partial charge on any atom is -0.363 e. The smallest absolute Gasteiger partial charge is 0.363 e. The lowest BCUT2D eigenvalue weighted by Gasteiger charge is -2.32. The first-order valence-corrected chi connectivity index (χ1v) is 10.3. The molecule has 4 heterocycles. The maximum absolute atomic E-state index is 13.7. The average molecular weight is 438 g/mol. The molecule has 0 saturated heterocycles. The van der Waals surface area contributed by atoms with Crippen molar-refractivity contribution in [3.8, 4) is 0 Å². The number of carbonyl (C=O) groups is 1. The van der Waals surface area contributed by atoms with Crippen LogP contribution in [0.25, 0.3) is 0 Å². The number of nitrogens with one attached hydrogen (secondary N) is 2. The third-order valence-corrected chi connectivity index (χ3v) is 6.38. The number of aromatic nitrogens is 4. The zero-order valence-corrected chi connectivity index (χ0v) is 17.4. The van der Waals surface area contributed by atoms with Crippen LogP contribution in [0.15, 0.2) is 23.6 Å². The number of alkyl halides is 3. The summed E-state index contributed by atoms with van der Waals surface area (Å²) in [5.41, 5.74) is 2.52. The molecule has 0 spiro atoms. The van der Waals surface area contributed by atoms with Gasteiger partial charge in [-0.2, -0.15) is 23.4 Å². The maximum atomic E-state index is 13.7. The predicted molar refractivity (Wildman–Crippen MR) is 106 cm³/mol. The van der Waals surface area contributed by atoms with Gasteiger partial charge in [-0.1, -0.05) is 6.07 Å². The van der Waals surface area contributed by atoms with Crippen LogP contribution < -0.4 is 10.6 Å². The third kappa shape index (κ3) is 3.69. The predicted octanol–water partition coefficient (Wildman–Crippen LogP) is 3.89. The summed E-state index contributed by atoms with van der Waals surface area (Å²) in [6.45, 7) is 3.95. The highest BCUT2D eigenvalue weighted by molar-refractivity contribution is 7.10. The van der Waals surface area contributed by atoms with Gasteiger partial charge < -0.3 is 10.6 Å². The van der Waals surface area contributed by atoms with Gasteiger partial charge in [0.15, 0.2) is 11.7 Å². The van der Waals surface area contributed by atoms with Crippen molar-refractivity contribution in [3.05, 3.63) is 51.1 Å². The van der Waals surface area contributed by atoms with E-state index in [0.29, 0.717) is 0 Å². The first-order chi connectivity index (χ1) is 14.1. The summed E-state index contributed by atoms with van der Waals surface area (Å²) >= 11 is 1.39. The summed E-state index contributed by atoms with van der Waals surface area (Å²) in [5, 5.41) is 15.9. The number of carbonyl (C=O) groups excluding carboxylic acids is 1. The third-order valence-electron chi connectivity index (χ3n) is 5.39. The highest BCUT2D eigenvalue weighted by Gasteiger charge is 2.47. The normalized spacial score (nSPS) is 18.7. The number of hydrogen-bond donors (Lipinski definition) is 2. The zero-order chi connectivity index (χ0) is 21.6. The standard InChI is InChI=1S/C19H21F3N6OS/c1-10-12(11(2)27(3)25-10)9-23-18(29)14-8-17-24-13(15-5-4-6-30-15)7-16(19(20,21)22)28(17)26-14/h4-6,8,13,16,24H,7,9H2,1-3H3,(H,23,29)/t13-,16-/m0/s1. The second-order valence-electron chi connectivity index (χ2n) is 7.32. The van der Waals surface area contributed by atoms with Crippen molar-refractivity contribution < 1.29 is 18.0 Å². The summed E-state index contributed by atoms with van der Waals surface area (Å²) in [5.74, 6) is -0.351. The van der Waals surface area contributed by atoms with Crippen LogP contribution in [0, 0.1) is 13.8 Å². The van der Waals surface area contributed by atoms with Crippen molar-refractivity contribution >= 4 is 23.1 Å². The van der Waals surface area contributed by atoms with Gasteiger partial charge >= 0.3 is 6.18 Å². The fourth-order valence-electron chi connectivity index (χ4n) is 3.69. The number of thiophene rings is 1. The molecule has 4 rings (SSSR count). The number of hydrogen-bond acceptors (Lipinski definition) is 5. The lowest BCUT2D eigenvalue weighted by molar-refractivity contribution is -0.173. The molecule has 7 nitrogen and oxygen atoms in total. The second kappa shape index (κ2) is 7.46.